The van der Waals surface area contributed by atoms with E-state index in [2.05, 4.69) is 0 Å². The quantitative estimate of drug-likeness (QED) is 0.798. The predicted octanol–water partition coefficient (Wildman–Crippen LogP) is 2.70. The number of hydrogen-bond acceptors (Lipinski definition) is 3. The van der Waals surface area contributed by atoms with Crippen LogP contribution in [0.1, 0.15) is 43.1 Å². The number of nitrogens with two attached hydrogens (primary N) is 1. The Bertz CT molecular complexity index is 405. The van der Waals surface area contributed by atoms with Crippen LogP contribution in [0, 0.1) is 6.92 Å². The fourth-order valence-electron chi connectivity index (χ4n) is 1.66. The summed E-state index contributed by atoms with van der Waals surface area (Å²) in [4.78, 5) is 12.0. The molecule has 0 heterocycles. The number of ether oxygens (including phenoxy) is 1. The summed E-state index contributed by atoms with van der Waals surface area (Å²) < 4.78 is 5.44. The van der Waals surface area contributed by atoms with Crippen molar-refractivity contribution in [2.24, 2.45) is 5.73 Å². The number of hydrogen-bond donors (Lipinski definition) is 1. The molecule has 94 valence electrons. The molecule has 0 saturated carbocycles. The highest BCUT2D eigenvalue weighted by Gasteiger charge is 2.18. The topological polar surface area (TPSA) is 52.3 Å². The average molecular weight is 235 g/mol. The Morgan fingerprint density at radius 2 is 2.06 bits per heavy atom. The summed E-state index contributed by atoms with van der Waals surface area (Å²) in [5.41, 5.74) is 7.05. The summed E-state index contributed by atoms with van der Waals surface area (Å²) in [5, 5.41) is 0. The van der Waals surface area contributed by atoms with Crippen molar-refractivity contribution in [1.29, 1.82) is 0 Å². The molecule has 3 heteroatoms. The van der Waals surface area contributed by atoms with Crippen LogP contribution in [0.25, 0.3) is 0 Å². The Hall–Kier alpha value is -1.35. The molecule has 0 aliphatic carbocycles. The van der Waals surface area contributed by atoms with Crippen LogP contribution in [0.5, 0.6) is 5.75 Å². The van der Waals surface area contributed by atoms with Crippen LogP contribution in [0.3, 0.4) is 0 Å². The van der Waals surface area contributed by atoms with Gasteiger partial charge >= 0.3 is 0 Å². The summed E-state index contributed by atoms with van der Waals surface area (Å²) in [6.45, 7) is 8.22. The van der Waals surface area contributed by atoms with Gasteiger partial charge in [0.05, 0.1) is 6.61 Å². The molecule has 0 fully saturated rings. The molecule has 1 rings (SSSR count). The molecule has 0 amide bonds. The van der Waals surface area contributed by atoms with Gasteiger partial charge in [0, 0.05) is 17.5 Å². The van der Waals surface area contributed by atoms with Gasteiger partial charge in [0.15, 0.2) is 5.78 Å². The van der Waals surface area contributed by atoms with Gasteiger partial charge in [-0.25, -0.2) is 0 Å². The summed E-state index contributed by atoms with van der Waals surface area (Å²) in [7, 11) is 0. The standard InChI is InChI=1S/C14H21NO2/c1-5-17-13-7-6-11(8-10(13)2)12(16)9-14(3,4)15/h6-8H,5,9,15H2,1-4H3. The molecule has 0 saturated heterocycles. The third kappa shape index (κ3) is 4.19. The molecule has 1 aromatic rings. The van der Waals surface area contributed by atoms with Crippen molar-refractivity contribution >= 4 is 5.78 Å². The van der Waals surface area contributed by atoms with Crippen LogP contribution < -0.4 is 10.5 Å². The van der Waals surface area contributed by atoms with Crippen molar-refractivity contribution in [3.05, 3.63) is 29.3 Å². The average Bonchev–Trinajstić information content (AvgIpc) is 2.18. The monoisotopic (exact) mass is 235 g/mol. The highest BCUT2D eigenvalue weighted by molar-refractivity contribution is 5.97. The Labute approximate surface area is 103 Å². The Kier molecular flexibility index (Phi) is 4.29. The maximum atomic E-state index is 12.0. The molecular formula is C14H21NO2. The molecule has 3 nitrogen and oxygen atoms in total. The second-order valence-electron chi connectivity index (χ2n) is 5.00. The molecule has 0 bridgehead atoms. The Balaban J connectivity index is 2.86. The lowest BCUT2D eigenvalue weighted by Crippen LogP contribution is -2.34. The largest absolute Gasteiger partial charge is 0.494 e. The van der Waals surface area contributed by atoms with Gasteiger partial charge in [-0.1, -0.05) is 0 Å². The number of ketones is 1. The third-order valence-electron chi connectivity index (χ3n) is 2.41. The highest BCUT2D eigenvalue weighted by Crippen LogP contribution is 2.21. The van der Waals surface area contributed by atoms with Crippen molar-refractivity contribution in [3.63, 3.8) is 0 Å². The van der Waals surface area contributed by atoms with E-state index in [1.165, 1.54) is 0 Å². The maximum Gasteiger partial charge on any atom is 0.164 e. The van der Waals surface area contributed by atoms with Crippen LogP contribution in [0.2, 0.25) is 0 Å². The van der Waals surface area contributed by atoms with Gasteiger partial charge < -0.3 is 10.5 Å². The summed E-state index contributed by atoms with van der Waals surface area (Å²) in [6, 6.07) is 5.50. The van der Waals surface area contributed by atoms with E-state index >= 15 is 0 Å². The third-order valence-corrected chi connectivity index (χ3v) is 2.41. The molecule has 0 unspecified atom stereocenters. The zero-order valence-electron chi connectivity index (χ0n) is 11.0. The molecule has 0 aromatic heterocycles. The molecule has 1 aromatic carbocycles. The van der Waals surface area contributed by atoms with E-state index in [-0.39, 0.29) is 5.78 Å². The van der Waals surface area contributed by atoms with E-state index in [0.717, 1.165) is 11.3 Å². The molecule has 2 N–H and O–H groups in total. The van der Waals surface area contributed by atoms with Gasteiger partial charge in [-0.2, -0.15) is 0 Å². The minimum absolute atomic E-state index is 0.0728. The normalized spacial score (nSPS) is 11.4. The zero-order valence-corrected chi connectivity index (χ0v) is 11.0. The zero-order chi connectivity index (χ0) is 13.1. The van der Waals surface area contributed by atoms with Crippen LogP contribution in [-0.2, 0) is 0 Å². The molecule has 0 radical (unpaired) electrons. The van der Waals surface area contributed by atoms with Gasteiger partial charge in [0.25, 0.3) is 0 Å². The Morgan fingerprint density at radius 3 is 2.53 bits per heavy atom. The first-order chi connectivity index (χ1) is 7.83. The van der Waals surface area contributed by atoms with Crippen molar-refractivity contribution in [2.75, 3.05) is 6.61 Å². The van der Waals surface area contributed by atoms with Crippen LogP contribution in [0.4, 0.5) is 0 Å². The molecule has 0 aliphatic heterocycles. The minimum atomic E-state index is -0.469. The number of benzene rings is 1. The van der Waals surface area contributed by atoms with E-state index in [9.17, 15) is 4.79 Å². The second-order valence-corrected chi connectivity index (χ2v) is 5.00. The van der Waals surface area contributed by atoms with Gasteiger partial charge in [-0.3, -0.25) is 4.79 Å². The first-order valence-electron chi connectivity index (χ1n) is 5.89. The smallest absolute Gasteiger partial charge is 0.164 e. The van der Waals surface area contributed by atoms with Crippen LogP contribution in [-0.4, -0.2) is 17.9 Å². The van der Waals surface area contributed by atoms with E-state index in [1.54, 1.807) is 6.07 Å². The van der Waals surface area contributed by atoms with E-state index < -0.39 is 5.54 Å². The van der Waals surface area contributed by atoms with E-state index in [1.807, 2.05) is 39.8 Å². The van der Waals surface area contributed by atoms with E-state index in [0.29, 0.717) is 18.6 Å². The molecule has 0 aliphatic rings. The first-order valence-corrected chi connectivity index (χ1v) is 5.89. The number of carbonyl (C=O) groups is 1. The number of Topliss-reactive ketones (excluding diaryl/α,β-unsaturated/α-hetero) is 1. The minimum Gasteiger partial charge on any atom is -0.494 e. The molecule has 17 heavy (non-hydrogen) atoms. The van der Waals surface area contributed by atoms with Crippen LogP contribution >= 0.6 is 0 Å². The van der Waals surface area contributed by atoms with Crippen molar-refractivity contribution in [1.82, 2.24) is 0 Å². The lowest BCUT2D eigenvalue weighted by molar-refractivity contribution is 0.0960. The van der Waals surface area contributed by atoms with E-state index in [4.69, 9.17) is 10.5 Å². The maximum absolute atomic E-state index is 12.0. The van der Waals surface area contributed by atoms with Gasteiger partial charge in [-0.15, -0.1) is 0 Å². The molecule has 0 spiro atoms. The fraction of sp³-hybridized carbons (Fsp3) is 0.500. The predicted molar refractivity (Wildman–Crippen MR) is 69.6 cm³/mol. The SMILES string of the molecule is CCOc1ccc(C(=O)CC(C)(C)N)cc1C. The lowest BCUT2D eigenvalue weighted by atomic mass is 9.94. The summed E-state index contributed by atoms with van der Waals surface area (Å²) >= 11 is 0. The van der Waals surface area contributed by atoms with Crippen molar-refractivity contribution in [3.8, 4) is 5.75 Å². The second kappa shape index (κ2) is 5.32. The van der Waals surface area contributed by atoms with Gasteiger partial charge in [-0.05, 0) is 51.5 Å². The number of aryl methyl sites for hydroxylation is 1. The fourth-order valence-corrected chi connectivity index (χ4v) is 1.66. The Morgan fingerprint density at radius 1 is 1.41 bits per heavy atom. The molecule has 0 atom stereocenters. The van der Waals surface area contributed by atoms with Gasteiger partial charge in [0.2, 0.25) is 0 Å². The summed E-state index contributed by atoms with van der Waals surface area (Å²) in [5.74, 6) is 0.903. The highest BCUT2D eigenvalue weighted by atomic mass is 16.5. The number of carbonyl (C=O) groups excluding carboxylic acids is 1. The van der Waals surface area contributed by atoms with Crippen molar-refractivity contribution in [2.45, 2.75) is 39.7 Å². The van der Waals surface area contributed by atoms with Gasteiger partial charge in [0.1, 0.15) is 5.75 Å². The molecular weight excluding hydrogens is 214 g/mol. The number of rotatable bonds is 5. The summed E-state index contributed by atoms with van der Waals surface area (Å²) in [6.07, 6.45) is 0.348. The van der Waals surface area contributed by atoms with Crippen LogP contribution in [0.15, 0.2) is 18.2 Å². The van der Waals surface area contributed by atoms with Crippen molar-refractivity contribution < 1.29 is 9.53 Å². The lowest BCUT2D eigenvalue weighted by Gasteiger charge is -2.17. The first kappa shape index (κ1) is 13.7.